The SMILES string of the molecule is C[C@H](NC(=O)[C@@H]1C[C@@H](O)CN1C(=O)[C@@H](N)C(C)(C)C)c1ccc(-c2c(F)cc(F)cc2F)cc1. The first kappa shape index (κ1) is 25.7. The Labute approximate surface area is 196 Å². The maximum atomic E-state index is 14.1. The quantitative estimate of drug-likeness (QED) is 0.616. The number of aliphatic hydroxyl groups excluding tert-OH is 1. The standard InChI is InChI=1S/C25H30F3N3O3/c1-13(14-5-7-15(8-6-14)21-18(27)9-16(26)10-19(21)28)30-23(33)20-11-17(32)12-31(20)24(34)22(29)25(2,3)4/h5-10,13,17,20,22,32H,11-12,29H2,1-4H3,(H,30,33)/t13-,17+,20-,22+/m0/s1. The average molecular weight is 478 g/mol. The van der Waals surface area contributed by atoms with Crippen LogP contribution in [0.4, 0.5) is 13.2 Å². The number of benzene rings is 2. The van der Waals surface area contributed by atoms with E-state index in [1.165, 1.54) is 17.0 Å². The average Bonchev–Trinajstić information content (AvgIpc) is 3.13. The van der Waals surface area contributed by atoms with Crippen LogP contribution in [0.25, 0.3) is 11.1 Å². The van der Waals surface area contributed by atoms with Crippen LogP contribution >= 0.6 is 0 Å². The molecule has 0 saturated carbocycles. The summed E-state index contributed by atoms with van der Waals surface area (Å²) in [5.74, 6) is -3.85. The van der Waals surface area contributed by atoms with Crippen LogP contribution in [0.15, 0.2) is 36.4 Å². The van der Waals surface area contributed by atoms with Gasteiger partial charge in [-0.1, -0.05) is 45.0 Å². The predicted molar refractivity (Wildman–Crippen MR) is 122 cm³/mol. The van der Waals surface area contributed by atoms with Gasteiger partial charge in [0.15, 0.2) is 0 Å². The zero-order valence-corrected chi connectivity index (χ0v) is 19.6. The van der Waals surface area contributed by atoms with E-state index in [4.69, 9.17) is 5.73 Å². The minimum absolute atomic E-state index is 0.0264. The number of nitrogens with two attached hydrogens (primary N) is 1. The van der Waals surface area contributed by atoms with Crippen molar-refractivity contribution in [1.29, 1.82) is 0 Å². The van der Waals surface area contributed by atoms with Gasteiger partial charge in [-0.15, -0.1) is 0 Å². The molecule has 0 unspecified atom stereocenters. The van der Waals surface area contributed by atoms with Crippen LogP contribution in [-0.4, -0.2) is 46.6 Å². The zero-order valence-electron chi connectivity index (χ0n) is 19.6. The summed E-state index contributed by atoms with van der Waals surface area (Å²) in [6.45, 7) is 7.23. The maximum Gasteiger partial charge on any atom is 0.243 e. The van der Waals surface area contributed by atoms with E-state index >= 15 is 0 Å². The molecule has 2 aromatic rings. The van der Waals surface area contributed by atoms with E-state index in [1.807, 2.05) is 20.8 Å². The lowest BCUT2D eigenvalue weighted by atomic mass is 9.86. The van der Waals surface area contributed by atoms with Crippen LogP contribution in [0.3, 0.4) is 0 Å². The summed E-state index contributed by atoms with van der Waals surface area (Å²) < 4.78 is 41.3. The van der Waals surface area contributed by atoms with Gasteiger partial charge in [-0.2, -0.15) is 0 Å². The van der Waals surface area contributed by atoms with Crippen LogP contribution in [0.1, 0.15) is 45.7 Å². The second-order valence-corrected chi connectivity index (χ2v) is 9.84. The molecule has 0 bridgehead atoms. The molecule has 0 radical (unpaired) electrons. The lowest BCUT2D eigenvalue weighted by molar-refractivity contribution is -0.141. The Kier molecular flexibility index (Phi) is 7.38. The molecular weight excluding hydrogens is 447 g/mol. The van der Waals surface area contributed by atoms with Crippen molar-refractivity contribution in [3.8, 4) is 11.1 Å². The van der Waals surface area contributed by atoms with Gasteiger partial charge in [0.05, 0.1) is 23.8 Å². The summed E-state index contributed by atoms with van der Waals surface area (Å²) >= 11 is 0. The van der Waals surface area contributed by atoms with E-state index in [0.717, 1.165) is 0 Å². The number of aliphatic hydroxyl groups is 1. The van der Waals surface area contributed by atoms with E-state index < -0.39 is 58.9 Å². The molecule has 2 amide bonds. The van der Waals surface area contributed by atoms with Crippen molar-refractivity contribution in [2.24, 2.45) is 11.1 Å². The van der Waals surface area contributed by atoms with Crippen molar-refractivity contribution in [3.05, 3.63) is 59.4 Å². The number of nitrogens with zero attached hydrogens (tertiary/aromatic N) is 1. The fourth-order valence-corrected chi connectivity index (χ4v) is 4.00. The highest BCUT2D eigenvalue weighted by molar-refractivity contribution is 5.91. The molecule has 34 heavy (non-hydrogen) atoms. The number of carbonyl (C=O) groups excluding carboxylic acids is 2. The van der Waals surface area contributed by atoms with Crippen molar-refractivity contribution in [2.45, 2.75) is 58.3 Å². The van der Waals surface area contributed by atoms with Crippen molar-refractivity contribution < 1.29 is 27.9 Å². The van der Waals surface area contributed by atoms with Gasteiger partial charge in [-0.05, 0) is 23.5 Å². The molecule has 0 spiro atoms. The third-order valence-electron chi connectivity index (χ3n) is 6.13. The number of carbonyl (C=O) groups is 2. The van der Waals surface area contributed by atoms with Crippen LogP contribution in [0.2, 0.25) is 0 Å². The summed E-state index contributed by atoms with van der Waals surface area (Å²) in [6.07, 6.45) is -0.731. The predicted octanol–water partition coefficient (Wildman–Crippen LogP) is 3.28. The Bertz CT molecular complexity index is 1050. The summed E-state index contributed by atoms with van der Waals surface area (Å²) in [6, 6.07) is 5.22. The molecule has 9 heteroatoms. The summed E-state index contributed by atoms with van der Waals surface area (Å²) in [4.78, 5) is 27.2. The number of hydrogen-bond acceptors (Lipinski definition) is 4. The summed E-state index contributed by atoms with van der Waals surface area (Å²) in [5.41, 5.74) is 6.12. The van der Waals surface area contributed by atoms with E-state index in [-0.39, 0.29) is 24.1 Å². The molecule has 0 aromatic heterocycles. The second kappa shape index (κ2) is 9.76. The Hall–Kier alpha value is -2.91. The lowest BCUT2D eigenvalue weighted by Gasteiger charge is -2.32. The molecule has 6 nitrogen and oxygen atoms in total. The molecule has 1 fully saturated rings. The van der Waals surface area contributed by atoms with Gasteiger partial charge in [-0.25, -0.2) is 13.2 Å². The highest BCUT2D eigenvalue weighted by Crippen LogP contribution is 2.29. The van der Waals surface area contributed by atoms with Gasteiger partial charge in [0, 0.05) is 25.1 Å². The first-order valence-electron chi connectivity index (χ1n) is 11.1. The zero-order chi connectivity index (χ0) is 25.4. The minimum Gasteiger partial charge on any atom is -0.391 e. The Morgan fingerprint density at radius 2 is 1.68 bits per heavy atom. The number of nitrogens with one attached hydrogen (secondary N) is 1. The van der Waals surface area contributed by atoms with Gasteiger partial charge < -0.3 is 21.1 Å². The molecule has 1 aliphatic heterocycles. The molecule has 1 saturated heterocycles. The van der Waals surface area contributed by atoms with Crippen molar-refractivity contribution in [1.82, 2.24) is 10.2 Å². The minimum atomic E-state index is -1.01. The van der Waals surface area contributed by atoms with Crippen molar-refractivity contribution >= 4 is 11.8 Å². The number of β-amino-alcohol motifs (C(OH)–C–C–N with tert-alkyl or cyclic N) is 1. The van der Waals surface area contributed by atoms with E-state index in [2.05, 4.69) is 5.32 Å². The molecular formula is C25H30F3N3O3. The third kappa shape index (κ3) is 5.42. The van der Waals surface area contributed by atoms with Gasteiger partial charge in [0.1, 0.15) is 23.5 Å². The molecule has 4 atom stereocenters. The topological polar surface area (TPSA) is 95.7 Å². The van der Waals surface area contributed by atoms with Crippen LogP contribution in [-0.2, 0) is 9.59 Å². The first-order valence-corrected chi connectivity index (χ1v) is 11.1. The van der Waals surface area contributed by atoms with E-state index in [0.29, 0.717) is 17.7 Å². The summed E-state index contributed by atoms with van der Waals surface area (Å²) in [5, 5.41) is 12.9. The van der Waals surface area contributed by atoms with Crippen LogP contribution < -0.4 is 11.1 Å². The van der Waals surface area contributed by atoms with Gasteiger partial charge >= 0.3 is 0 Å². The molecule has 1 aliphatic rings. The second-order valence-electron chi connectivity index (χ2n) is 9.84. The Morgan fingerprint density at radius 1 is 1.12 bits per heavy atom. The first-order chi connectivity index (χ1) is 15.8. The fraction of sp³-hybridized carbons (Fsp3) is 0.440. The van der Waals surface area contributed by atoms with Gasteiger partial charge in [-0.3, -0.25) is 9.59 Å². The third-order valence-corrected chi connectivity index (χ3v) is 6.13. The van der Waals surface area contributed by atoms with E-state index in [1.54, 1.807) is 19.1 Å². The number of halogens is 3. The Morgan fingerprint density at radius 3 is 2.21 bits per heavy atom. The van der Waals surface area contributed by atoms with E-state index in [9.17, 15) is 27.9 Å². The highest BCUT2D eigenvalue weighted by atomic mass is 19.1. The highest BCUT2D eigenvalue weighted by Gasteiger charge is 2.42. The molecule has 184 valence electrons. The fourth-order valence-electron chi connectivity index (χ4n) is 4.00. The lowest BCUT2D eigenvalue weighted by Crippen LogP contribution is -2.55. The number of hydrogen-bond donors (Lipinski definition) is 3. The smallest absolute Gasteiger partial charge is 0.243 e. The van der Waals surface area contributed by atoms with Gasteiger partial charge in [0.2, 0.25) is 11.8 Å². The Balaban J connectivity index is 1.73. The monoisotopic (exact) mass is 477 g/mol. The normalized spacial score (nSPS) is 20.2. The van der Waals surface area contributed by atoms with Gasteiger partial charge in [0.25, 0.3) is 0 Å². The molecule has 3 rings (SSSR count). The van der Waals surface area contributed by atoms with Crippen molar-refractivity contribution in [2.75, 3.05) is 6.54 Å². The molecule has 1 heterocycles. The van der Waals surface area contributed by atoms with Crippen molar-refractivity contribution in [3.63, 3.8) is 0 Å². The molecule has 0 aliphatic carbocycles. The van der Waals surface area contributed by atoms with Crippen LogP contribution in [0.5, 0.6) is 0 Å². The molecule has 4 N–H and O–H groups in total. The summed E-state index contributed by atoms with van der Waals surface area (Å²) in [7, 11) is 0. The largest absolute Gasteiger partial charge is 0.391 e. The number of likely N-dealkylation sites (tertiary alicyclic amines) is 1. The number of amides is 2. The number of rotatable bonds is 5. The maximum absolute atomic E-state index is 14.1. The molecule has 2 aromatic carbocycles. The van der Waals surface area contributed by atoms with Crippen LogP contribution in [0, 0.1) is 22.9 Å².